The topological polar surface area (TPSA) is 38.3 Å². The number of benzene rings is 2. The van der Waals surface area contributed by atoms with Crippen LogP contribution in [0.2, 0.25) is 0 Å². The largest absolute Gasteiger partial charge is 0.573 e. The molecule has 6 heteroatoms. The van der Waals surface area contributed by atoms with Crippen LogP contribution in [0.1, 0.15) is 11.1 Å². The predicted octanol–water partition coefficient (Wildman–Crippen LogP) is 3.15. The third kappa shape index (κ3) is 2.69. The van der Waals surface area contributed by atoms with Crippen molar-refractivity contribution in [3.8, 4) is 5.75 Å². The number of nitrogens with zero attached hydrogens (tertiary/aromatic N) is 1. The second-order valence-electron chi connectivity index (χ2n) is 4.67. The first kappa shape index (κ1) is 13.5. The second-order valence-corrected chi connectivity index (χ2v) is 4.67. The Hall–Kier alpha value is -2.50. The Balaban J connectivity index is 1.88. The van der Waals surface area contributed by atoms with Gasteiger partial charge in [-0.1, -0.05) is 18.2 Å². The van der Waals surface area contributed by atoms with E-state index < -0.39 is 6.36 Å². The molecule has 108 valence electrons. The maximum atomic E-state index is 12.1. The number of rotatable bonds is 2. The van der Waals surface area contributed by atoms with Crippen molar-refractivity contribution in [3.63, 3.8) is 0 Å². The van der Waals surface area contributed by atoms with Crippen molar-refractivity contribution in [3.05, 3.63) is 59.7 Å². The highest BCUT2D eigenvalue weighted by atomic mass is 19.4. The van der Waals surface area contributed by atoms with E-state index in [-0.39, 0.29) is 5.75 Å². The van der Waals surface area contributed by atoms with Gasteiger partial charge in [0, 0.05) is 5.56 Å². The van der Waals surface area contributed by atoms with Crippen molar-refractivity contribution in [2.75, 3.05) is 0 Å². The third-order valence-electron chi connectivity index (χ3n) is 3.29. The summed E-state index contributed by atoms with van der Waals surface area (Å²) in [7, 11) is 0. The maximum absolute atomic E-state index is 12.1. The van der Waals surface area contributed by atoms with Crippen LogP contribution in [-0.4, -0.2) is 16.8 Å². The molecule has 1 aliphatic heterocycles. The molecule has 3 nitrogen and oxygen atoms in total. The molecule has 0 spiro atoms. The summed E-state index contributed by atoms with van der Waals surface area (Å²) in [5.74, 6) is 0.344. The third-order valence-corrected chi connectivity index (χ3v) is 3.29. The van der Waals surface area contributed by atoms with Gasteiger partial charge >= 0.3 is 6.36 Å². The van der Waals surface area contributed by atoms with Gasteiger partial charge in [-0.05, 0) is 30.3 Å². The van der Waals surface area contributed by atoms with Gasteiger partial charge in [-0.2, -0.15) is 0 Å². The zero-order valence-electron chi connectivity index (χ0n) is 10.9. The summed E-state index contributed by atoms with van der Waals surface area (Å²) in [6.07, 6.45) is -4.68. The van der Waals surface area contributed by atoms with Crippen LogP contribution in [0, 0.1) is 0 Å². The summed E-state index contributed by atoms with van der Waals surface area (Å²) in [5.41, 5.74) is 8.85. The monoisotopic (exact) mass is 293 g/mol. The minimum Gasteiger partial charge on any atom is -0.406 e. The molecule has 0 unspecified atom stereocenters. The Labute approximate surface area is 119 Å². The van der Waals surface area contributed by atoms with Gasteiger partial charge in [0.25, 0.3) is 5.84 Å². The molecule has 0 saturated carbocycles. The summed E-state index contributed by atoms with van der Waals surface area (Å²) in [6, 6.07) is 13.4. The predicted molar refractivity (Wildman–Crippen MR) is 71.5 cm³/mol. The van der Waals surface area contributed by atoms with Crippen LogP contribution in [0.4, 0.5) is 18.9 Å². The van der Waals surface area contributed by atoms with E-state index in [1.807, 2.05) is 28.8 Å². The van der Waals surface area contributed by atoms with Gasteiger partial charge in [0.1, 0.15) is 18.0 Å². The zero-order valence-corrected chi connectivity index (χ0v) is 10.9. The van der Waals surface area contributed by atoms with Crippen molar-refractivity contribution in [1.29, 1.82) is 0 Å². The fourth-order valence-corrected chi connectivity index (χ4v) is 2.37. The van der Waals surface area contributed by atoms with Crippen LogP contribution in [0.5, 0.6) is 5.75 Å². The number of ether oxygens (including phenoxy) is 1. The van der Waals surface area contributed by atoms with Crippen LogP contribution in [0.25, 0.3) is 0 Å². The van der Waals surface area contributed by atoms with Gasteiger partial charge in [-0.15, -0.1) is 13.2 Å². The van der Waals surface area contributed by atoms with Gasteiger partial charge in [0.15, 0.2) is 0 Å². The first-order valence-electron chi connectivity index (χ1n) is 6.28. The summed E-state index contributed by atoms with van der Waals surface area (Å²) in [6.45, 7) is 0.599. The summed E-state index contributed by atoms with van der Waals surface area (Å²) in [5, 5.41) is 0. The van der Waals surface area contributed by atoms with Crippen molar-refractivity contribution in [1.82, 2.24) is 0 Å². The number of fused-ring (bicyclic) bond motifs is 1. The van der Waals surface area contributed by atoms with Crippen molar-refractivity contribution in [2.24, 2.45) is 5.73 Å². The van der Waals surface area contributed by atoms with Gasteiger partial charge < -0.3 is 4.74 Å². The van der Waals surface area contributed by atoms with E-state index >= 15 is 0 Å². The average Bonchev–Trinajstić information content (AvgIpc) is 2.76. The first-order valence-corrected chi connectivity index (χ1v) is 6.28. The number of hydrogen-bond acceptors (Lipinski definition) is 2. The van der Waals surface area contributed by atoms with Gasteiger partial charge in [-0.25, -0.2) is 4.58 Å². The van der Waals surface area contributed by atoms with Gasteiger partial charge in [-0.3, -0.25) is 5.73 Å². The molecule has 2 aromatic rings. The van der Waals surface area contributed by atoms with E-state index in [1.54, 1.807) is 12.1 Å². The van der Waals surface area contributed by atoms with Crippen LogP contribution in [0.15, 0.2) is 48.5 Å². The van der Waals surface area contributed by atoms with Crippen LogP contribution in [0.3, 0.4) is 0 Å². The smallest absolute Gasteiger partial charge is 0.406 e. The van der Waals surface area contributed by atoms with E-state index in [0.717, 1.165) is 16.8 Å². The fraction of sp³-hybridized carbons (Fsp3) is 0.133. The zero-order chi connectivity index (χ0) is 15.0. The molecule has 1 aliphatic rings. The minimum absolute atomic E-state index is 0.249. The molecule has 1 heterocycles. The molecule has 0 atom stereocenters. The SMILES string of the molecule is NC1=[N+](c2ccc(OC(F)(F)F)cc2)Cc2ccccc21. The number of alkyl halides is 3. The summed E-state index contributed by atoms with van der Waals surface area (Å²) < 4.78 is 42.1. The summed E-state index contributed by atoms with van der Waals surface area (Å²) in [4.78, 5) is 0. The second kappa shape index (κ2) is 4.80. The molecule has 2 N–H and O–H groups in total. The Kier molecular flexibility index (Phi) is 3.08. The quantitative estimate of drug-likeness (QED) is 0.864. The summed E-state index contributed by atoms with van der Waals surface area (Å²) >= 11 is 0. The van der Waals surface area contributed by atoms with Crippen molar-refractivity contribution >= 4 is 11.5 Å². The van der Waals surface area contributed by atoms with Crippen LogP contribution in [-0.2, 0) is 6.54 Å². The fourth-order valence-electron chi connectivity index (χ4n) is 2.37. The molecule has 2 aromatic carbocycles. The van der Waals surface area contributed by atoms with E-state index in [1.165, 1.54) is 12.1 Å². The lowest BCUT2D eigenvalue weighted by atomic mass is 10.1. The number of halogens is 3. The Morgan fingerprint density at radius 3 is 2.29 bits per heavy atom. The van der Waals surface area contributed by atoms with Crippen molar-refractivity contribution < 1.29 is 22.5 Å². The Bertz CT molecular complexity index is 706. The first-order chi connectivity index (χ1) is 9.94. The highest BCUT2D eigenvalue weighted by Crippen LogP contribution is 2.27. The Morgan fingerprint density at radius 1 is 1.00 bits per heavy atom. The molecule has 0 fully saturated rings. The molecule has 0 radical (unpaired) electrons. The van der Waals surface area contributed by atoms with E-state index in [0.29, 0.717) is 12.4 Å². The van der Waals surface area contributed by atoms with Crippen molar-refractivity contribution in [2.45, 2.75) is 12.9 Å². The lowest BCUT2D eigenvalue weighted by molar-refractivity contribution is -0.453. The normalized spacial score (nSPS) is 14.2. The molecule has 3 rings (SSSR count). The van der Waals surface area contributed by atoms with Crippen LogP contribution < -0.4 is 10.5 Å². The molecule has 21 heavy (non-hydrogen) atoms. The number of nitrogens with two attached hydrogens (primary N) is 1. The van der Waals surface area contributed by atoms with Gasteiger partial charge in [0.2, 0.25) is 0 Å². The van der Waals surface area contributed by atoms with E-state index in [4.69, 9.17) is 5.73 Å². The molecule has 0 amide bonds. The number of amidine groups is 1. The number of hydrogen-bond donors (Lipinski definition) is 1. The standard InChI is InChI=1S/C15H11F3N2O/c16-15(17,18)21-12-7-5-11(6-8-12)20-9-10-3-1-2-4-13(10)14(20)19/h1-8,19H,9H2/p+1. The highest BCUT2D eigenvalue weighted by molar-refractivity contribution is 5.97. The highest BCUT2D eigenvalue weighted by Gasteiger charge is 2.31. The van der Waals surface area contributed by atoms with E-state index in [9.17, 15) is 13.2 Å². The van der Waals surface area contributed by atoms with Gasteiger partial charge in [0.05, 0.1) is 5.56 Å². The van der Waals surface area contributed by atoms with Crippen LogP contribution >= 0.6 is 0 Å². The minimum atomic E-state index is -4.68. The molecule has 0 aliphatic carbocycles. The molecular formula is C15H12F3N2O+. The maximum Gasteiger partial charge on any atom is 0.573 e. The lowest BCUT2D eigenvalue weighted by Crippen LogP contribution is -2.20. The van der Waals surface area contributed by atoms with E-state index in [2.05, 4.69) is 4.74 Å². The molecule has 0 saturated heterocycles. The molecule has 0 aromatic heterocycles. The molecule has 0 bridgehead atoms. The lowest BCUT2D eigenvalue weighted by Gasteiger charge is -2.09. The molecular weight excluding hydrogens is 281 g/mol. The Morgan fingerprint density at radius 2 is 1.67 bits per heavy atom. The average molecular weight is 293 g/mol.